The van der Waals surface area contributed by atoms with Gasteiger partial charge in [0.15, 0.2) is 0 Å². The van der Waals surface area contributed by atoms with Crippen molar-refractivity contribution in [1.29, 1.82) is 0 Å². The molecule has 3 heteroatoms. The van der Waals surface area contributed by atoms with Crippen LogP contribution in [0.15, 0.2) is 34.4 Å². The normalized spacial score (nSPS) is 20.2. The molecule has 0 saturated heterocycles. The molecule has 0 aromatic carbocycles. The smallest absolute Gasteiger partial charge is 0.336 e. The number of carboxylic acid groups (broad SMARTS) is 1. The van der Waals surface area contributed by atoms with Crippen LogP contribution in [0.1, 0.15) is 13.8 Å². The van der Waals surface area contributed by atoms with E-state index in [1.165, 1.54) is 0 Å². The summed E-state index contributed by atoms with van der Waals surface area (Å²) >= 11 is 3.22. The van der Waals surface area contributed by atoms with Crippen molar-refractivity contribution < 1.29 is 9.90 Å². The maximum Gasteiger partial charge on any atom is 0.336 e. The van der Waals surface area contributed by atoms with Crippen LogP contribution < -0.4 is 0 Å². The molecule has 0 amide bonds. The number of carbonyl (C=O) groups is 1. The Morgan fingerprint density at radius 1 is 1.38 bits per heavy atom. The quantitative estimate of drug-likeness (QED) is 0.768. The summed E-state index contributed by atoms with van der Waals surface area (Å²) in [6.07, 6.45) is 7.25. The van der Waals surface area contributed by atoms with Gasteiger partial charge in [0, 0.05) is 9.90 Å². The van der Waals surface area contributed by atoms with E-state index in [0.29, 0.717) is 10.1 Å². The summed E-state index contributed by atoms with van der Waals surface area (Å²) in [4.78, 5) is 10.8. The molecular weight excluding hydrogens is 232 g/mol. The maximum absolute atomic E-state index is 10.8. The molecule has 1 N–H and O–H groups in total. The van der Waals surface area contributed by atoms with E-state index in [2.05, 4.69) is 15.9 Å². The van der Waals surface area contributed by atoms with Crippen molar-refractivity contribution in [3.05, 3.63) is 34.4 Å². The second kappa shape index (κ2) is 3.50. The Morgan fingerprint density at radius 3 is 2.46 bits per heavy atom. The van der Waals surface area contributed by atoms with Crippen molar-refractivity contribution in [3.8, 4) is 0 Å². The Bertz CT molecular complexity index is 322. The Balaban J connectivity index is 3.12. The average Bonchev–Trinajstić information content (AvgIpc) is 2.11. The lowest BCUT2D eigenvalue weighted by molar-refractivity contribution is -0.132. The molecule has 0 aliphatic heterocycles. The third-order valence-corrected chi connectivity index (χ3v) is 2.52. The number of carboxylic acids is 1. The minimum Gasteiger partial charge on any atom is -0.478 e. The molecule has 0 aromatic heterocycles. The molecule has 0 saturated carbocycles. The highest BCUT2D eigenvalue weighted by Gasteiger charge is 2.16. The van der Waals surface area contributed by atoms with Crippen LogP contribution in [-0.2, 0) is 4.79 Å². The highest BCUT2D eigenvalue weighted by molar-refractivity contribution is 9.12. The molecule has 0 radical (unpaired) electrons. The van der Waals surface area contributed by atoms with Gasteiger partial charge < -0.3 is 5.11 Å². The predicted octanol–water partition coefficient (Wildman–Crippen LogP) is 2.87. The summed E-state index contributed by atoms with van der Waals surface area (Å²) in [5.74, 6) is -0.912. The van der Waals surface area contributed by atoms with E-state index in [0.717, 1.165) is 0 Å². The molecule has 1 aliphatic carbocycles. The third-order valence-electron chi connectivity index (χ3n) is 1.83. The van der Waals surface area contributed by atoms with Gasteiger partial charge in [0.25, 0.3) is 0 Å². The first kappa shape index (κ1) is 10.3. The van der Waals surface area contributed by atoms with Gasteiger partial charge in [-0.3, -0.25) is 0 Å². The van der Waals surface area contributed by atoms with E-state index in [1.54, 1.807) is 12.2 Å². The van der Waals surface area contributed by atoms with Crippen LogP contribution in [0.5, 0.6) is 0 Å². The molecule has 13 heavy (non-hydrogen) atoms. The van der Waals surface area contributed by atoms with Crippen molar-refractivity contribution in [3.63, 3.8) is 0 Å². The van der Waals surface area contributed by atoms with E-state index in [-0.39, 0.29) is 5.41 Å². The molecular formula is C10H11BrO2. The molecule has 0 spiro atoms. The van der Waals surface area contributed by atoms with Crippen LogP contribution >= 0.6 is 15.9 Å². The van der Waals surface area contributed by atoms with Gasteiger partial charge in [-0.25, -0.2) is 4.79 Å². The number of rotatable bonds is 1. The summed E-state index contributed by atoms with van der Waals surface area (Å²) in [5.41, 5.74) is 0.206. The topological polar surface area (TPSA) is 37.3 Å². The summed E-state index contributed by atoms with van der Waals surface area (Å²) in [7, 11) is 0. The van der Waals surface area contributed by atoms with Gasteiger partial charge in [0.1, 0.15) is 0 Å². The van der Waals surface area contributed by atoms with Gasteiger partial charge in [0.2, 0.25) is 0 Å². The van der Waals surface area contributed by atoms with Crippen molar-refractivity contribution in [2.45, 2.75) is 13.8 Å². The van der Waals surface area contributed by atoms with Gasteiger partial charge >= 0.3 is 5.97 Å². The lowest BCUT2D eigenvalue weighted by Crippen LogP contribution is -2.02. The standard InChI is InChI=1S/C10H11BrO2/c1-10(2)5-3-7(9(12)13)8(11)4-6-10/h3-6H,1-2H3,(H,12,13). The van der Waals surface area contributed by atoms with E-state index < -0.39 is 5.97 Å². The van der Waals surface area contributed by atoms with Crippen LogP contribution in [0.2, 0.25) is 0 Å². The van der Waals surface area contributed by atoms with Crippen molar-refractivity contribution >= 4 is 21.9 Å². The zero-order chi connectivity index (χ0) is 10.1. The third kappa shape index (κ3) is 2.56. The number of aliphatic carboxylic acids is 1. The average molecular weight is 243 g/mol. The maximum atomic E-state index is 10.8. The minimum atomic E-state index is -0.912. The molecule has 1 aliphatic rings. The first-order valence-electron chi connectivity index (χ1n) is 3.94. The first-order valence-corrected chi connectivity index (χ1v) is 4.73. The molecule has 1 rings (SSSR count). The summed E-state index contributed by atoms with van der Waals surface area (Å²) < 4.78 is 0.613. The highest BCUT2D eigenvalue weighted by atomic mass is 79.9. The Morgan fingerprint density at radius 2 is 1.92 bits per heavy atom. The zero-order valence-electron chi connectivity index (χ0n) is 7.54. The zero-order valence-corrected chi connectivity index (χ0v) is 9.13. The van der Waals surface area contributed by atoms with Crippen LogP contribution in [0.25, 0.3) is 0 Å². The molecule has 0 atom stereocenters. The molecule has 2 nitrogen and oxygen atoms in total. The molecule has 0 unspecified atom stereocenters. The molecule has 0 aromatic rings. The number of allylic oxidation sites excluding steroid dienone is 4. The fourth-order valence-corrected chi connectivity index (χ4v) is 1.42. The van der Waals surface area contributed by atoms with Gasteiger partial charge in [-0.1, -0.05) is 32.1 Å². The van der Waals surface area contributed by atoms with Crippen molar-refractivity contribution in [2.75, 3.05) is 0 Å². The van der Waals surface area contributed by atoms with Crippen LogP contribution in [-0.4, -0.2) is 11.1 Å². The highest BCUT2D eigenvalue weighted by Crippen LogP contribution is 2.27. The fourth-order valence-electron chi connectivity index (χ4n) is 0.984. The van der Waals surface area contributed by atoms with Gasteiger partial charge in [-0.05, 0) is 22.0 Å². The van der Waals surface area contributed by atoms with Gasteiger partial charge in [0.05, 0.1) is 5.57 Å². The molecule has 0 fully saturated rings. The van der Waals surface area contributed by atoms with Crippen LogP contribution in [0.3, 0.4) is 0 Å². The summed E-state index contributed by atoms with van der Waals surface area (Å²) in [5, 5.41) is 8.83. The second-order valence-electron chi connectivity index (χ2n) is 3.55. The minimum absolute atomic E-state index is 0.0871. The van der Waals surface area contributed by atoms with E-state index >= 15 is 0 Å². The van der Waals surface area contributed by atoms with E-state index in [9.17, 15) is 4.79 Å². The van der Waals surface area contributed by atoms with E-state index in [4.69, 9.17) is 5.11 Å². The van der Waals surface area contributed by atoms with E-state index in [1.807, 2.05) is 26.0 Å². The lowest BCUT2D eigenvalue weighted by Gasteiger charge is -2.12. The summed E-state index contributed by atoms with van der Waals surface area (Å²) in [6, 6.07) is 0. The largest absolute Gasteiger partial charge is 0.478 e. The molecule has 0 heterocycles. The van der Waals surface area contributed by atoms with Gasteiger partial charge in [-0.2, -0.15) is 0 Å². The first-order chi connectivity index (χ1) is 5.92. The Kier molecular flexibility index (Phi) is 2.76. The van der Waals surface area contributed by atoms with Crippen molar-refractivity contribution in [1.82, 2.24) is 0 Å². The SMILES string of the molecule is CC1(C)C=CC(Br)=C(C(=O)O)C=C1. The number of hydrogen-bond donors (Lipinski definition) is 1. The number of halogens is 1. The predicted molar refractivity (Wildman–Crippen MR) is 55.6 cm³/mol. The Labute approximate surface area is 85.8 Å². The molecule has 0 bridgehead atoms. The monoisotopic (exact) mass is 242 g/mol. The van der Waals surface area contributed by atoms with Crippen LogP contribution in [0.4, 0.5) is 0 Å². The number of hydrogen-bond acceptors (Lipinski definition) is 1. The lowest BCUT2D eigenvalue weighted by atomic mass is 9.93. The van der Waals surface area contributed by atoms with Gasteiger partial charge in [-0.15, -0.1) is 0 Å². The second-order valence-corrected chi connectivity index (χ2v) is 4.41. The van der Waals surface area contributed by atoms with Crippen LogP contribution in [0, 0.1) is 5.41 Å². The Hall–Kier alpha value is -0.830. The summed E-state index contributed by atoms with van der Waals surface area (Å²) in [6.45, 7) is 4.04. The fraction of sp³-hybridized carbons (Fsp3) is 0.300. The van der Waals surface area contributed by atoms with Crippen molar-refractivity contribution in [2.24, 2.45) is 5.41 Å². The molecule has 70 valence electrons.